The summed E-state index contributed by atoms with van der Waals surface area (Å²) in [5.74, 6) is -1.33. The summed E-state index contributed by atoms with van der Waals surface area (Å²) < 4.78 is 51.2. The van der Waals surface area contributed by atoms with E-state index in [1.165, 1.54) is 19.1 Å². The predicted octanol–water partition coefficient (Wildman–Crippen LogP) is 3.96. The lowest BCUT2D eigenvalue weighted by atomic mass is 10.1. The second-order valence-corrected chi connectivity index (χ2v) is 4.32. The molecule has 2 rings (SSSR count). The number of nitrogens with zero attached hydrogens (tertiary/aromatic N) is 1. The first-order valence-electron chi connectivity index (χ1n) is 5.81. The van der Waals surface area contributed by atoms with Gasteiger partial charge in [0.25, 0.3) is 0 Å². The molecule has 0 aliphatic carbocycles. The van der Waals surface area contributed by atoms with Crippen LogP contribution in [-0.2, 0) is 6.18 Å². The second kappa shape index (κ2) is 5.20. The maximum atomic E-state index is 13.2. The summed E-state index contributed by atoms with van der Waals surface area (Å²) in [6, 6.07) is 7.32. The fourth-order valence-corrected chi connectivity index (χ4v) is 1.75. The van der Waals surface area contributed by atoms with Gasteiger partial charge in [0.2, 0.25) is 0 Å². The fraction of sp³-hybridized carbons (Fsp3) is 0.214. The lowest BCUT2D eigenvalue weighted by molar-refractivity contribution is -0.139. The van der Waals surface area contributed by atoms with Gasteiger partial charge in [0.05, 0.1) is 23.1 Å². The zero-order valence-corrected chi connectivity index (χ0v) is 10.4. The van der Waals surface area contributed by atoms with E-state index < -0.39 is 23.7 Å². The van der Waals surface area contributed by atoms with E-state index in [0.29, 0.717) is 11.8 Å². The molecular formula is C14H11F4NO. The van der Waals surface area contributed by atoms with Crippen LogP contribution in [0.15, 0.2) is 36.4 Å². The summed E-state index contributed by atoms with van der Waals surface area (Å²) in [5.41, 5.74) is -0.616. The van der Waals surface area contributed by atoms with Crippen LogP contribution in [0.3, 0.4) is 0 Å². The molecule has 0 amide bonds. The number of rotatable bonds is 2. The number of pyridine rings is 1. The van der Waals surface area contributed by atoms with Crippen LogP contribution in [0.2, 0.25) is 0 Å². The van der Waals surface area contributed by atoms with Crippen molar-refractivity contribution < 1.29 is 22.7 Å². The minimum absolute atomic E-state index is 0.140. The molecule has 1 heterocycles. The largest absolute Gasteiger partial charge is 0.419 e. The van der Waals surface area contributed by atoms with Gasteiger partial charge in [0.1, 0.15) is 5.82 Å². The smallest absolute Gasteiger partial charge is 0.387 e. The maximum absolute atomic E-state index is 13.2. The Hall–Kier alpha value is -1.95. The minimum Gasteiger partial charge on any atom is -0.387 e. The first-order chi connectivity index (χ1) is 9.29. The van der Waals surface area contributed by atoms with Gasteiger partial charge in [0, 0.05) is 5.56 Å². The number of hydrogen-bond donors (Lipinski definition) is 1. The van der Waals surface area contributed by atoms with Gasteiger partial charge in [0.15, 0.2) is 0 Å². The molecule has 0 bridgehead atoms. The Balaban J connectivity index is 2.51. The van der Waals surface area contributed by atoms with Crippen molar-refractivity contribution in [3.63, 3.8) is 0 Å². The first-order valence-corrected chi connectivity index (χ1v) is 5.81. The highest BCUT2D eigenvalue weighted by Gasteiger charge is 2.34. The highest BCUT2D eigenvalue weighted by atomic mass is 19.4. The number of aromatic nitrogens is 1. The molecule has 1 atom stereocenters. The van der Waals surface area contributed by atoms with Crippen molar-refractivity contribution in [2.24, 2.45) is 0 Å². The van der Waals surface area contributed by atoms with E-state index in [1.807, 2.05) is 0 Å². The zero-order valence-electron chi connectivity index (χ0n) is 10.4. The molecule has 0 fully saturated rings. The maximum Gasteiger partial charge on any atom is 0.419 e. The quantitative estimate of drug-likeness (QED) is 0.847. The van der Waals surface area contributed by atoms with E-state index in [9.17, 15) is 22.7 Å². The topological polar surface area (TPSA) is 33.1 Å². The normalized spacial score (nSPS) is 13.3. The van der Waals surface area contributed by atoms with Gasteiger partial charge >= 0.3 is 6.18 Å². The monoisotopic (exact) mass is 285 g/mol. The average molecular weight is 285 g/mol. The molecule has 20 heavy (non-hydrogen) atoms. The predicted molar refractivity (Wildman–Crippen MR) is 65.3 cm³/mol. The van der Waals surface area contributed by atoms with Crippen molar-refractivity contribution >= 4 is 0 Å². The molecule has 1 aromatic heterocycles. The van der Waals surface area contributed by atoms with E-state index in [1.54, 1.807) is 12.1 Å². The first kappa shape index (κ1) is 14.5. The van der Waals surface area contributed by atoms with Crippen molar-refractivity contribution in [3.8, 4) is 11.3 Å². The standard InChI is InChI=1S/C14H11F4NO/c1-8(20)12-3-2-4-13(19-12)9-5-6-11(15)10(7-9)14(16,17)18/h2-8,20H,1H3. The minimum atomic E-state index is -4.76. The Kier molecular flexibility index (Phi) is 3.76. The molecule has 2 aromatic rings. The third kappa shape index (κ3) is 2.96. The average Bonchev–Trinajstić information content (AvgIpc) is 2.38. The van der Waals surface area contributed by atoms with Gasteiger partial charge in [-0.3, -0.25) is 4.98 Å². The van der Waals surface area contributed by atoms with Crippen molar-refractivity contribution in [1.29, 1.82) is 0 Å². The lowest BCUT2D eigenvalue weighted by Gasteiger charge is -2.11. The molecule has 0 spiro atoms. The molecule has 0 radical (unpaired) electrons. The summed E-state index contributed by atoms with van der Waals surface area (Å²) in [6.07, 6.45) is -5.60. The highest BCUT2D eigenvalue weighted by molar-refractivity contribution is 5.60. The van der Waals surface area contributed by atoms with Crippen LogP contribution in [-0.4, -0.2) is 10.1 Å². The second-order valence-electron chi connectivity index (χ2n) is 4.32. The van der Waals surface area contributed by atoms with Crippen molar-refractivity contribution in [1.82, 2.24) is 4.98 Å². The van der Waals surface area contributed by atoms with E-state index in [-0.39, 0.29) is 11.3 Å². The van der Waals surface area contributed by atoms with Gasteiger partial charge in [-0.1, -0.05) is 6.07 Å². The lowest BCUT2D eigenvalue weighted by Crippen LogP contribution is -2.08. The molecule has 2 nitrogen and oxygen atoms in total. The molecule has 1 unspecified atom stereocenters. The van der Waals surface area contributed by atoms with E-state index in [4.69, 9.17) is 0 Å². The Morgan fingerprint density at radius 2 is 1.85 bits per heavy atom. The number of alkyl halides is 3. The van der Waals surface area contributed by atoms with Gasteiger partial charge < -0.3 is 5.11 Å². The van der Waals surface area contributed by atoms with Crippen molar-refractivity contribution in [3.05, 3.63) is 53.5 Å². The summed E-state index contributed by atoms with van der Waals surface area (Å²) in [7, 11) is 0. The van der Waals surface area contributed by atoms with E-state index in [0.717, 1.165) is 6.07 Å². The SMILES string of the molecule is CC(O)c1cccc(-c2ccc(F)c(C(F)(F)F)c2)n1. The summed E-state index contributed by atoms with van der Waals surface area (Å²) in [5, 5.41) is 9.42. The van der Waals surface area contributed by atoms with Gasteiger partial charge in [-0.05, 0) is 37.3 Å². The molecule has 1 aromatic carbocycles. The molecule has 106 valence electrons. The van der Waals surface area contributed by atoms with Crippen LogP contribution in [0.1, 0.15) is 24.3 Å². The molecule has 0 aliphatic heterocycles. The molecule has 0 aliphatic rings. The summed E-state index contributed by atoms with van der Waals surface area (Å²) >= 11 is 0. The van der Waals surface area contributed by atoms with Crippen LogP contribution in [0, 0.1) is 5.82 Å². The Morgan fingerprint density at radius 1 is 1.15 bits per heavy atom. The number of aliphatic hydroxyl groups excluding tert-OH is 1. The molecule has 0 saturated heterocycles. The number of halogens is 4. The van der Waals surface area contributed by atoms with Crippen LogP contribution in [0.4, 0.5) is 17.6 Å². The molecular weight excluding hydrogens is 274 g/mol. The zero-order chi connectivity index (χ0) is 14.9. The Labute approximate surface area is 112 Å². The van der Waals surface area contributed by atoms with Crippen LogP contribution >= 0.6 is 0 Å². The molecule has 1 N–H and O–H groups in total. The Morgan fingerprint density at radius 3 is 2.45 bits per heavy atom. The van der Waals surface area contributed by atoms with Crippen molar-refractivity contribution in [2.75, 3.05) is 0 Å². The number of benzene rings is 1. The molecule has 0 saturated carbocycles. The third-order valence-electron chi connectivity index (χ3n) is 2.77. The summed E-state index contributed by atoms with van der Waals surface area (Å²) in [6.45, 7) is 1.50. The van der Waals surface area contributed by atoms with E-state index >= 15 is 0 Å². The van der Waals surface area contributed by atoms with Crippen LogP contribution in [0.5, 0.6) is 0 Å². The van der Waals surface area contributed by atoms with Gasteiger partial charge in [-0.15, -0.1) is 0 Å². The van der Waals surface area contributed by atoms with Crippen molar-refractivity contribution in [2.45, 2.75) is 19.2 Å². The number of hydrogen-bond acceptors (Lipinski definition) is 2. The molecule has 6 heteroatoms. The van der Waals surface area contributed by atoms with E-state index in [2.05, 4.69) is 4.98 Å². The Bertz CT molecular complexity index is 623. The number of aliphatic hydroxyl groups is 1. The fourth-order valence-electron chi connectivity index (χ4n) is 1.75. The third-order valence-corrected chi connectivity index (χ3v) is 2.77. The van der Waals surface area contributed by atoms with Gasteiger partial charge in [-0.2, -0.15) is 13.2 Å². The van der Waals surface area contributed by atoms with Crippen LogP contribution in [0.25, 0.3) is 11.3 Å². The van der Waals surface area contributed by atoms with Gasteiger partial charge in [-0.25, -0.2) is 4.39 Å². The van der Waals surface area contributed by atoms with Crippen LogP contribution < -0.4 is 0 Å². The highest BCUT2D eigenvalue weighted by Crippen LogP contribution is 2.34. The summed E-state index contributed by atoms with van der Waals surface area (Å²) in [4.78, 5) is 4.06.